The lowest BCUT2D eigenvalue weighted by Gasteiger charge is -2.03. The smallest absolute Gasteiger partial charge is 0.255 e. The van der Waals surface area contributed by atoms with Gasteiger partial charge in [-0.1, -0.05) is 18.2 Å². The number of aromatic nitrogens is 2. The minimum atomic E-state index is -0.660. The Bertz CT molecular complexity index is 450. The van der Waals surface area contributed by atoms with Crippen LogP contribution in [0, 0.1) is 0 Å². The minimum Gasteiger partial charge on any atom is -0.417 e. The lowest BCUT2D eigenvalue weighted by Crippen LogP contribution is -1.97. The predicted molar refractivity (Wildman–Crippen MR) is 68.2 cm³/mol. The average Bonchev–Trinajstić information content (AvgIpc) is 2.67. The fraction of sp³-hybridized carbons (Fsp3) is 0.111. The van der Waals surface area contributed by atoms with Gasteiger partial charge in [-0.05, 0) is 59.9 Å². The van der Waals surface area contributed by atoms with E-state index in [9.17, 15) is 0 Å². The maximum atomic E-state index is 5.47. The van der Waals surface area contributed by atoms with Crippen molar-refractivity contribution >= 4 is 47.8 Å². The lowest BCUT2D eigenvalue weighted by atomic mass is 10.2. The lowest BCUT2D eigenvalue weighted by molar-refractivity contribution is 0.524. The fourth-order valence-electron chi connectivity index (χ4n) is 1.04. The van der Waals surface area contributed by atoms with Crippen LogP contribution >= 0.6 is 47.8 Å². The van der Waals surface area contributed by atoms with Crippen LogP contribution in [0.5, 0.6) is 0 Å². The zero-order valence-corrected chi connectivity index (χ0v) is 12.1. The summed E-state index contributed by atoms with van der Waals surface area (Å²) in [5.74, 6) is 0.912. The normalized spacial score (nSPS) is 11.7. The molecule has 1 heterocycles. The highest BCUT2D eigenvalue weighted by Crippen LogP contribution is 2.43. The van der Waals surface area contributed by atoms with Crippen LogP contribution < -0.4 is 0 Å². The van der Waals surface area contributed by atoms with E-state index in [1.54, 1.807) is 0 Å². The Morgan fingerprint density at radius 1 is 1.00 bits per heavy atom. The van der Waals surface area contributed by atoms with Crippen molar-refractivity contribution in [3.63, 3.8) is 0 Å². The molecule has 6 heteroatoms. The first-order chi connectivity index (χ1) is 7.07. The number of benzene rings is 1. The third kappa shape index (κ3) is 2.68. The molecule has 0 saturated heterocycles. The third-order valence-electron chi connectivity index (χ3n) is 1.69. The quantitative estimate of drug-likeness (QED) is 0.683. The molecule has 0 saturated carbocycles. The summed E-state index contributed by atoms with van der Waals surface area (Å²) in [6.45, 7) is 0. The predicted octanol–water partition coefficient (Wildman–Crippen LogP) is 4.03. The maximum absolute atomic E-state index is 5.47. The van der Waals surface area contributed by atoms with Crippen molar-refractivity contribution in [2.24, 2.45) is 0 Å². The number of rotatable bonds is 1. The summed E-state index contributed by atoms with van der Waals surface area (Å²) >= 11 is 9.93. The summed E-state index contributed by atoms with van der Waals surface area (Å²) < 4.78 is 4.81. The van der Waals surface area contributed by atoms with E-state index in [1.165, 1.54) is 0 Å². The van der Waals surface area contributed by atoms with E-state index < -0.39 is 2.14 Å². The zero-order valence-electron chi connectivity index (χ0n) is 7.32. The standard InChI is InChI=1S/C9H5Br3N2O/c10-9(11,12)8-14-13-7(15-8)6-4-2-1-3-5-6/h1-5H. The summed E-state index contributed by atoms with van der Waals surface area (Å²) in [6, 6.07) is 9.60. The molecule has 78 valence electrons. The first-order valence-corrected chi connectivity index (χ1v) is 6.41. The number of alkyl halides is 3. The average molecular weight is 397 g/mol. The van der Waals surface area contributed by atoms with Crippen molar-refractivity contribution in [2.45, 2.75) is 2.14 Å². The van der Waals surface area contributed by atoms with Gasteiger partial charge < -0.3 is 4.42 Å². The molecule has 0 fully saturated rings. The Balaban J connectivity index is 2.37. The zero-order chi connectivity index (χ0) is 10.9. The molecule has 2 aromatic rings. The Labute approximate surface area is 112 Å². The highest BCUT2D eigenvalue weighted by molar-refractivity contribution is 9.38. The summed E-state index contributed by atoms with van der Waals surface area (Å²) in [6.07, 6.45) is 0. The van der Waals surface area contributed by atoms with Crippen molar-refractivity contribution in [3.8, 4) is 11.5 Å². The summed E-state index contributed by atoms with van der Waals surface area (Å²) in [7, 11) is 0. The van der Waals surface area contributed by atoms with Crippen molar-refractivity contribution < 1.29 is 4.42 Å². The summed E-state index contributed by atoms with van der Waals surface area (Å²) in [5.41, 5.74) is 0.896. The Hall–Kier alpha value is -0.200. The van der Waals surface area contributed by atoms with E-state index in [1.807, 2.05) is 30.3 Å². The van der Waals surface area contributed by atoms with Gasteiger partial charge in [0.05, 0.1) is 0 Å². The topological polar surface area (TPSA) is 38.9 Å². The van der Waals surface area contributed by atoms with Crippen molar-refractivity contribution in [2.75, 3.05) is 0 Å². The molecular formula is C9H5Br3N2O. The van der Waals surface area contributed by atoms with Gasteiger partial charge in [-0.3, -0.25) is 0 Å². The summed E-state index contributed by atoms with van der Waals surface area (Å²) in [4.78, 5) is 0. The first-order valence-electron chi connectivity index (χ1n) is 4.03. The van der Waals surface area contributed by atoms with Crippen LogP contribution in [0.2, 0.25) is 0 Å². The number of hydrogen-bond acceptors (Lipinski definition) is 3. The van der Waals surface area contributed by atoms with Gasteiger partial charge in [-0.2, -0.15) is 0 Å². The van der Waals surface area contributed by atoms with E-state index in [0.29, 0.717) is 11.8 Å². The molecule has 0 N–H and O–H groups in total. The Morgan fingerprint density at radius 3 is 2.20 bits per heavy atom. The van der Waals surface area contributed by atoms with E-state index >= 15 is 0 Å². The molecule has 2 rings (SSSR count). The van der Waals surface area contributed by atoms with Gasteiger partial charge in [-0.25, -0.2) is 0 Å². The maximum Gasteiger partial charge on any atom is 0.255 e. The molecule has 1 aromatic heterocycles. The second-order valence-corrected chi connectivity index (χ2v) is 9.54. The molecule has 0 radical (unpaired) electrons. The molecule has 0 aliphatic rings. The Morgan fingerprint density at radius 2 is 1.67 bits per heavy atom. The highest BCUT2D eigenvalue weighted by atomic mass is 80.0. The molecular weight excluding hydrogens is 392 g/mol. The van der Waals surface area contributed by atoms with E-state index in [2.05, 4.69) is 58.0 Å². The molecule has 0 atom stereocenters. The van der Waals surface area contributed by atoms with Crippen LogP contribution in [0.15, 0.2) is 34.7 Å². The molecule has 0 spiro atoms. The van der Waals surface area contributed by atoms with E-state index in [4.69, 9.17) is 4.42 Å². The Kier molecular flexibility index (Phi) is 3.27. The van der Waals surface area contributed by atoms with E-state index in [-0.39, 0.29) is 0 Å². The second-order valence-electron chi connectivity index (χ2n) is 2.78. The molecule has 0 bridgehead atoms. The van der Waals surface area contributed by atoms with Crippen LogP contribution in [0.3, 0.4) is 0 Å². The number of nitrogens with zero attached hydrogens (tertiary/aromatic N) is 2. The van der Waals surface area contributed by atoms with Crippen LogP contribution in [-0.2, 0) is 2.14 Å². The first kappa shape index (κ1) is 11.3. The minimum absolute atomic E-state index is 0.418. The van der Waals surface area contributed by atoms with Crippen molar-refractivity contribution in [1.82, 2.24) is 10.2 Å². The van der Waals surface area contributed by atoms with Gasteiger partial charge in [0, 0.05) is 5.56 Å². The van der Waals surface area contributed by atoms with Crippen LogP contribution in [0.25, 0.3) is 11.5 Å². The molecule has 3 nitrogen and oxygen atoms in total. The van der Waals surface area contributed by atoms with Crippen LogP contribution in [0.4, 0.5) is 0 Å². The van der Waals surface area contributed by atoms with Gasteiger partial charge in [0.25, 0.3) is 5.89 Å². The van der Waals surface area contributed by atoms with Crippen LogP contribution in [0.1, 0.15) is 5.89 Å². The van der Waals surface area contributed by atoms with Gasteiger partial charge >= 0.3 is 0 Å². The number of halogens is 3. The van der Waals surface area contributed by atoms with Crippen LogP contribution in [-0.4, -0.2) is 10.2 Å². The fourth-order valence-corrected chi connectivity index (χ4v) is 1.52. The highest BCUT2D eigenvalue weighted by Gasteiger charge is 2.28. The van der Waals surface area contributed by atoms with Crippen molar-refractivity contribution in [3.05, 3.63) is 36.2 Å². The van der Waals surface area contributed by atoms with Gasteiger partial charge in [-0.15, -0.1) is 10.2 Å². The largest absolute Gasteiger partial charge is 0.417 e. The van der Waals surface area contributed by atoms with Gasteiger partial charge in [0.1, 0.15) is 0 Å². The molecule has 0 unspecified atom stereocenters. The molecule has 0 aliphatic heterocycles. The SMILES string of the molecule is BrC(Br)(Br)c1nnc(-c2ccccc2)o1. The summed E-state index contributed by atoms with van der Waals surface area (Å²) in [5, 5.41) is 7.85. The second kappa shape index (κ2) is 4.35. The number of hydrogen-bond donors (Lipinski definition) is 0. The molecule has 0 amide bonds. The van der Waals surface area contributed by atoms with Crippen molar-refractivity contribution in [1.29, 1.82) is 0 Å². The molecule has 1 aromatic carbocycles. The monoisotopic (exact) mass is 394 g/mol. The third-order valence-corrected chi connectivity index (χ3v) is 2.71. The molecule has 15 heavy (non-hydrogen) atoms. The molecule has 0 aliphatic carbocycles. The van der Waals surface area contributed by atoms with Gasteiger partial charge in [0.2, 0.25) is 8.03 Å². The van der Waals surface area contributed by atoms with Gasteiger partial charge in [0.15, 0.2) is 0 Å². The van der Waals surface area contributed by atoms with E-state index in [0.717, 1.165) is 5.56 Å².